The molecule has 1 heterocycles. The molecular weight excluding hydrogens is 306 g/mol. The minimum absolute atomic E-state index is 0.136. The van der Waals surface area contributed by atoms with Gasteiger partial charge in [-0.15, -0.1) is 0 Å². The predicted octanol–water partition coefficient (Wildman–Crippen LogP) is 2.11. The van der Waals surface area contributed by atoms with Gasteiger partial charge in [-0.3, -0.25) is 4.79 Å². The quantitative estimate of drug-likeness (QED) is 0.785. The van der Waals surface area contributed by atoms with Gasteiger partial charge in [0.15, 0.2) is 0 Å². The molecule has 6 heteroatoms. The number of anilines is 1. The van der Waals surface area contributed by atoms with Crippen molar-refractivity contribution in [3.63, 3.8) is 0 Å². The van der Waals surface area contributed by atoms with Gasteiger partial charge < -0.3 is 20.3 Å². The summed E-state index contributed by atoms with van der Waals surface area (Å²) in [7, 11) is 1.62. The highest BCUT2D eigenvalue weighted by molar-refractivity contribution is 5.90. The second kappa shape index (κ2) is 7.79. The molecule has 0 spiro atoms. The third-order valence-electron chi connectivity index (χ3n) is 3.96. The number of nitrogens with one attached hydrogen (secondary N) is 2. The van der Waals surface area contributed by atoms with Gasteiger partial charge in [-0.05, 0) is 30.0 Å². The molecule has 0 saturated carbocycles. The number of aryl methyl sites for hydroxylation is 3. The normalized spacial score (nSPS) is 11.8. The lowest BCUT2D eigenvalue weighted by Gasteiger charge is -2.18. The van der Waals surface area contributed by atoms with Gasteiger partial charge in [-0.1, -0.05) is 31.2 Å². The van der Waals surface area contributed by atoms with Crippen molar-refractivity contribution in [2.75, 3.05) is 11.9 Å². The van der Waals surface area contributed by atoms with Crippen LogP contribution in [0.5, 0.6) is 0 Å². The van der Waals surface area contributed by atoms with Crippen molar-refractivity contribution in [2.45, 2.75) is 26.3 Å². The summed E-state index contributed by atoms with van der Waals surface area (Å²) in [6, 6.07) is 8.29. The Hall–Kier alpha value is -2.60. The monoisotopic (exact) mass is 329 g/mol. The Balaban J connectivity index is 2.09. The van der Waals surface area contributed by atoms with Gasteiger partial charge in [-0.25, -0.2) is 4.79 Å². The molecule has 1 aromatic heterocycles. The molecule has 24 heavy (non-hydrogen) atoms. The molecule has 0 radical (unpaired) electrons. The van der Waals surface area contributed by atoms with Crippen LogP contribution in [0, 0.1) is 6.92 Å². The van der Waals surface area contributed by atoms with Gasteiger partial charge in [0, 0.05) is 19.3 Å². The summed E-state index contributed by atoms with van der Waals surface area (Å²) in [6.45, 7) is 3.62. The zero-order valence-electron chi connectivity index (χ0n) is 14.2. The van der Waals surface area contributed by atoms with Crippen LogP contribution in [0.4, 0.5) is 10.5 Å². The molecule has 0 saturated heterocycles. The lowest BCUT2D eigenvalue weighted by molar-refractivity contribution is 0.225. The van der Waals surface area contributed by atoms with E-state index < -0.39 is 12.1 Å². The Labute approximate surface area is 141 Å². The average molecular weight is 329 g/mol. The molecule has 0 fully saturated rings. The SMILES string of the molecule is CCc1ccc(C(CO)NC(=O)Nc2cn(C)c(=O)cc2C)cc1. The van der Waals surface area contributed by atoms with Crippen LogP contribution in [0.2, 0.25) is 0 Å². The van der Waals surface area contributed by atoms with Crippen molar-refractivity contribution in [3.05, 3.63) is 63.6 Å². The molecule has 0 aliphatic rings. The smallest absolute Gasteiger partial charge is 0.319 e. The van der Waals surface area contributed by atoms with Crippen LogP contribution in [-0.2, 0) is 13.5 Å². The Morgan fingerprint density at radius 2 is 1.96 bits per heavy atom. The number of rotatable bonds is 5. The van der Waals surface area contributed by atoms with Crippen LogP contribution >= 0.6 is 0 Å². The highest BCUT2D eigenvalue weighted by Crippen LogP contribution is 2.15. The number of nitrogens with zero attached hydrogens (tertiary/aromatic N) is 1. The average Bonchev–Trinajstić information content (AvgIpc) is 2.57. The molecule has 2 rings (SSSR count). The number of aromatic nitrogens is 1. The largest absolute Gasteiger partial charge is 0.394 e. The highest BCUT2D eigenvalue weighted by Gasteiger charge is 2.14. The maximum Gasteiger partial charge on any atom is 0.319 e. The Kier molecular flexibility index (Phi) is 5.76. The number of aliphatic hydroxyl groups excluding tert-OH is 1. The molecule has 0 bridgehead atoms. The van der Waals surface area contributed by atoms with E-state index in [4.69, 9.17) is 0 Å². The number of hydrogen-bond acceptors (Lipinski definition) is 3. The summed E-state index contributed by atoms with van der Waals surface area (Å²) < 4.78 is 1.40. The number of urea groups is 1. The highest BCUT2D eigenvalue weighted by atomic mass is 16.3. The number of carbonyl (C=O) groups is 1. The fourth-order valence-corrected chi connectivity index (χ4v) is 2.39. The van der Waals surface area contributed by atoms with E-state index in [9.17, 15) is 14.7 Å². The number of carbonyl (C=O) groups excluding carboxylic acids is 1. The van der Waals surface area contributed by atoms with Crippen molar-refractivity contribution in [2.24, 2.45) is 7.05 Å². The van der Waals surface area contributed by atoms with E-state index in [0.717, 1.165) is 12.0 Å². The van der Waals surface area contributed by atoms with Crippen LogP contribution < -0.4 is 16.2 Å². The molecule has 0 aliphatic carbocycles. The van der Waals surface area contributed by atoms with Gasteiger partial charge in [0.25, 0.3) is 5.56 Å². The first kappa shape index (κ1) is 17.7. The van der Waals surface area contributed by atoms with E-state index in [1.807, 2.05) is 24.3 Å². The topological polar surface area (TPSA) is 83.4 Å². The molecule has 2 amide bonds. The van der Waals surface area contributed by atoms with E-state index in [1.165, 1.54) is 16.2 Å². The van der Waals surface area contributed by atoms with Crippen LogP contribution in [-0.4, -0.2) is 22.3 Å². The standard InChI is InChI=1S/C18H23N3O3/c1-4-13-5-7-14(8-6-13)16(11-22)20-18(24)19-15-10-21(3)17(23)9-12(15)2/h5-10,16,22H,4,11H2,1-3H3,(H2,19,20,24). The van der Waals surface area contributed by atoms with Crippen molar-refractivity contribution in [1.82, 2.24) is 9.88 Å². The zero-order valence-corrected chi connectivity index (χ0v) is 14.2. The fraction of sp³-hybridized carbons (Fsp3) is 0.333. The third-order valence-corrected chi connectivity index (χ3v) is 3.96. The predicted molar refractivity (Wildman–Crippen MR) is 94.2 cm³/mol. The first-order valence-electron chi connectivity index (χ1n) is 7.89. The molecular formula is C18H23N3O3. The molecule has 1 aromatic carbocycles. The van der Waals surface area contributed by atoms with E-state index in [-0.39, 0.29) is 12.2 Å². The van der Waals surface area contributed by atoms with E-state index in [2.05, 4.69) is 17.6 Å². The molecule has 6 nitrogen and oxygen atoms in total. The molecule has 1 unspecified atom stereocenters. The van der Waals surface area contributed by atoms with Gasteiger partial charge in [-0.2, -0.15) is 0 Å². The number of hydrogen-bond donors (Lipinski definition) is 3. The van der Waals surface area contributed by atoms with Crippen molar-refractivity contribution in [3.8, 4) is 0 Å². The van der Waals surface area contributed by atoms with E-state index >= 15 is 0 Å². The Morgan fingerprint density at radius 1 is 1.29 bits per heavy atom. The van der Waals surface area contributed by atoms with Crippen LogP contribution in [0.15, 0.2) is 41.3 Å². The zero-order chi connectivity index (χ0) is 17.7. The summed E-state index contributed by atoms with van der Waals surface area (Å²) in [6.07, 6.45) is 2.51. The molecule has 1 atom stereocenters. The minimum Gasteiger partial charge on any atom is -0.394 e. The maximum absolute atomic E-state index is 12.2. The Morgan fingerprint density at radius 3 is 2.54 bits per heavy atom. The number of pyridine rings is 1. The van der Waals surface area contributed by atoms with Gasteiger partial charge in [0.2, 0.25) is 0 Å². The number of aliphatic hydroxyl groups is 1. The second-order valence-corrected chi connectivity index (χ2v) is 5.75. The summed E-state index contributed by atoms with van der Waals surface area (Å²) in [4.78, 5) is 23.7. The van der Waals surface area contributed by atoms with Crippen molar-refractivity contribution < 1.29 is 9.90 Å². The number of amides is 2. The summed E-state index contributed by atoms with van der Waals surface area (Å²) in [5, 5.41) is 15.0. The molecule has 128 valence electrons. The van der Waals surface area contributed by atoms with Crippen LogP contribution in [0.1, 0.15) is 29.7 Å². The van der Waals surface area contributed by atoms with Gasteiger partial charge in [0.1, 0.15) is 0 Å². The molecule has 0 aliphatic heterocycles. The van der Waals surface area contributed by atoms with Gasteiger partial charge in [0.05, 0.1) is 18.3 Å². The summed E-state index contributed by atoms with van der Waals surface area (Å²) >= 11 is 0. The number of benzene rings is 1. The summed E-state index contributed by atoms with van der Waals surface area (Å²) in [5.41, 5.74) is 3.12. The lowest BCUT2D eigenvalue weighted by Crippen LogP contribution is -2.35. The van der Waals surface area contributed by atoms with Crippen molar-refractivity contribution in [1.29, 1.82) is 0 Å². The molecule has 2 aromatic rings. The first-order valence-corrected chi connectivity index (χ1v) is 7.89. The van der Waals surface area contributed by atoms with Crippen LogP contribution in [0.3, 0.4) is 0 Å². The van der Waals surface area contributed by atoms with E-state index in [1.54, 1.807) is 20.2 Å². The minimum atomic E-state index is -0.497. The fourth-order valence-electron chi connectivity index (χ4n) is 2.39. The third kappa shape index (κ3) is 4.23. The summed E-state index contributed by atoms with van der Waals surface area (Å²) in [5.74, 6) is 0. The van der Waals surface area contributed by atoms with Gasteiger partial charge >= 0.3 is 6.03 Å². The van der Waals surface area contributed by atoms with E-state index in [0.29, 0.717) is 11.3 Å². The first-order chi connectivity index (χ1) is 11.4. The lowest BCUT2D eigenvalue weighted by atomic mass is 10.0. The molecule has 3 N–H and O–H groups in total. The Bertz CT molecular complexity index is 766. The second-order valence-electron chi connectivity index (χ2n) is 5.75. The maximum atomic E-state index is 12.2. The van der Waals surface area contributed by atoms with Crippen molar-refractivity contribution >= 4 is 11.7 Å². The van der Waals surface area contributed by atoms with Crippen LogP contribution in [0.25, 0.3) is 0 Å².